The topological polar surface area (TPSA) is 68.1 Å². The van der Waals surface area contributed by atoms with Crippen molar-refractivity contribution in [1.82, 2.24) is 4.98 Å². The van der Waals surface area contributed by atoms with Crippen LogP contribution in [0.4, 0.5) is 11.5 Å². The number of nitrogens with zero attached hydrogens (tertiary/aromatic N) is 2. The summed E-state index contributed by atoms with van der Waals surface area (Å²) in [6.07, 6.45) is 0.929. The average Bonchev–Trinajstić information content (AvgIpc) is 2.45. The molecule has 0 radical (unpaired) electrons. The molecule has 1 heterocycles. The van der Waals surface area contributed by atoms with E-state index >= 15 is 0 Å². The summed E-state index contributed by atoms with van der Waals surface area (Å²) in [4.78, 5) is 15.0. The second-order valence-electron chi connectivity index (χ2n) is 4.29. The van der Waals surface area contributed by atoms with E-state index in [9.17, 15) is 10.1 Å². The second-order valence-corrected chi connectivity index (χ2v) is 5.20. The quantitative estimate of drug-likeness (QED) is 0.655. The molecule has 0 spiro atoms. The first kappa shape index (κ1) is 14.5. The van der Waals surface area contributed by atoms with Crippen LogP contribution in [-0.2, 0) is 0 Å². The predicted octanol–water partition coefficient (Wildman–Crippen LogP) is 4.24. The summed E-state index contributed by atoms with van der Waals surface area (Å²) in [5, 5.41) is 14.1. The fourth-order valence-electron chi connectivity index (χ4n) is 1.73. The second kappa shape index (κ2) is 6.47. The lowest BCUT2D eigenvalue weighted by atomic mass is 10.1. The molecule has 5 nitrogen and oxygen atoms in total. The van der Waals surface area contributed by atoms with Gasteiger partial charge in [-0.15, -0.1) is 0 Å². The first-order valence-electron chi connectivity index (χ1n) is 6.26. The zero-order valence-electron chi connectivity index (χ0n) is 11.0. The third-order valence-electron chi connectivity index (χ3n) is 2.72. The Hall–Kier alpha value is -1.95. The number of benzene rings is 1. The van der Waals surface area contributed by atoms with E-state index in [0.29, 0.717) is 11.5 Å². The Balaban J connectivity index is 2.43. The highest BCUT2D eigenvalue weighted by molar-refractivity contribution is 9.10. The summed E-state index contributed by atoms with van der Waals surface area (Å²) < 4.78 is 0.955. The third kappa shape index (κ3) is 3.54. The van der Waals surface area contributed by atoms with Gasteiger partial charge in [-0.05, 0) is 18.6 Å². The van der Waals surface area contributed by atoms with Gasteiger partial charge in [0.2, 0.25) is 0 Å². The number of pyridine rings is 1. The van der Waals surface area contributed by atoms with Crippen LogP contribution in [0, 0.1) is 10.1 Å². The van der Waals surface area contributed by atoms with Gasteiger partial charge in [0.1, 0.15) is 5.82 Å². The van der Waals surface area contributed by atoms with Gasteiger partial charge in [-0.2, -0.15) is 0 Å². The molecule has 104 valence electrons. The molecular formula is C14H14BrN3O2. The average molecular weight is 336 g/mol. The molecule has 2 aromatic rings. The Bertz CT molecular complexity index is 614. The highest BCUT2D eigenvalue weighted by Gasteiger charge is 2.12. The fourth-order valence-corrected chi connectivity index (χ4v) is 2.00. The van der Waals surface area contributed by atoms with Crippen LogP contribution >= 0.6 is 15.9 Å². The number of nitrogens with one attached hydrogen (secondary N) is 1. The van der Waals surface area contributed by atoms with E-state index in [1.54, 1.807) is 0 Å². The van der Waals surface area contributed by atoms with Gasteiger partial charge in [-0.1, -0.05) is 35.0 Å². The standard InChI is InChI=1S/C14H14BrN3O2/c1-2-7-16-14-9-12(18(19)20)8-13(17-14)10-3-5-11(15)6-4-10/h3-6,8-9H,2,7H2,1H3,(H,16,17). The maximum absolute atomic E-state index is 11.0. The van der Waals surface area contributed by atoms with Crippen molar-refractivity contribution in [3.8, 4) is 11.3 Å². The Kier molecular flexibility index (Phi) is 4.68. The number of hydrogen-bond acceptors (Lipinski definition) is 4. The van der Waals surface area contributed by atoms with Gasteiger partial charge in [-0.3, -0.25) is 10.1 Å². The third-order valence-corrected chi connectivity index (χ3v) is 3.25. The van der Waals surface area contributed by atoms with Crippen LogP contribution < -0.4 is 5.32 Å². The number of rotatable bonds is 5. The molecule has 1 N–H and O–H groups in total. The monoisotopic (exact) mass is 335 g/mol. The van der Waals surface area contributed by atoms with Crippen molar-refractivity contribution in [3.05, 3.63) is 51.0 Å². The predicted molar refractivity (Wildman–Crippen MR) is 82.8 cm³/mol. The van der Waals surface area contributed by atoms with Gasteiger partial charge in [0.15, 0.2) is 0 Å². The largest absolute Gasteiger partial charge is 0.370 e. The lowest BCUT2D eigenvalue weighted by molar-refractivity contribution is -0.384. The number of anilines is 1. The van der Waals surface area contributed by atoms with Crippen LogP contribution in [0.15, 0.2) is 40.9 Å². The van der Waals surface area contributed by atoms with Gasteiger partial charge in [-0.25, -0.2) is 4.98 Å². The SMILES string of the molecule is CCCNc1cc([N+](=O)[O-])cc(-c2ccc(Br)cc2)n1. The van der Waals surface area contributed by atoms with Gasteiger partial charge in [0.05, 0.1) is 16.7 Å². The zero-order chi connectivity index (χ0) is 14.5. The van der Waals surface area contributed by atoms with E-state index in [2.05, 4.69) is 26.2 Å². The van der Waals surface area contributed by atoms with Crippen molar-refractivity contribution < 1.29 is 4.92 Å². The van der Waals surface area contributed by atoms with Crippen LogP contribution in [0.5, 0.6) is 0 Å². The van der Waals surface area contributed by atoms with Crippen molar-refractivity contribution >= 4 is 27.4 Å². The van der Waals surface area contributed by atoms with Gasteiger partial charge < -0.3 is 5.32 Å². The van der Waals surface area contributed by atoms with Crippen LogP contribution in [0.2, 0.25) is 0 Å². The molecule has 0 aliphatic carbocycles. The molecule has 0 saturated carbocycles. The van der Waals surface area contributed by atoms with Crippen LogP contribution in [-0.4, -0.2) is 16.5 Å². The Morgan fingerprint density at radius 1 is 1.30 bits per heavy atom. The molecule has 0 atom stereocenters. The number of halogens is 1. The minimum absolute atomic E-state index is 0.0384. The van der Waals surface area contributed by atoms with E-state index in [-0.39, 0.29) is 5.69 Å². The van der Waals surface area contributed by atoms with E-state index in [1.165, 1.54) is 12.1 Å². The van der Waals surface area contributed by atoms with Crippen molar-refractivity contribution in [2.45, 2.75) is 13.3 Å². The maximum Gasteiger partial charge on any atom is 0.275 e. The molecule has 1 aromatic heterocycles. The zero-order valence-corrected chi connectivity index (χ0v) is 12.6. The normalized spacial score (nSPS) is 10.3. The molecule has 20 heavy (non-hydrogen) atoms. The van der Waals surface area contributed by atoms with Crippen molar-refractivity contribution in [3.63, 3.8) is 0 Å². The van der Waals surface area contributed by atoms with E-state index in [1.807, 2.05) is 31.2 Å². The van der Waals surface area contributed by atoms with Crippen LogP contribution in [0.25, 0.3) is 11.3 Å². The number of nitro groups is 1. The highest BCUT2D eigenvalue weighted by Crippen LogP contribution is 2.26. The first-order valence-corrected chi connectivity index (χ1v) is 7.05. The van der Waals surface area contributed by atoms with Gasteiger partial charge in [0.25, 0.3) is 5.69 Å². The lowest BCUT2D eigenvalue weighted by Gasteiger charge is -2.07. The van der Waals surface area contributed by atoms with Crippen LogP contribution in [0.3, 0.4) is 0 Å². The fraction of sp³-hybridized carbons (Fsp3) is 0.214. The minimum atomic E-state index is -0.402. The molecular weight excluding hydrogens is 322 g/mol. The smallest absolute Gasteiger partial charge is 0.275 e. The lowest BCUT2D eigenvalue weighted by Crippen LogP contribution is -2.03. The molecule has 1 aromatic carbocycles. The van der Waals surface area contributed by atoms with Gasteiger partial charge >= 0.3 is 0 Å². The summed E-state index contributed by atoms with van der Waals surface area (Å²) in [6, 6.07) is 10.5. The minimum Gasteiger partial charge on any atom is -0.370 e. The van der Waals surface area contributed by atoms with Gasteiger partial charge in [0, 0.05) is 22.6 Å². The van der Waals surface area contributed by atoms with E-state index < -0.39 is 4.92 Å². The summed E-state index contributed by atoms with van der Waals surface area (Å²) in [5.41, 5.74) is 1.47. The summed E-state index contributed by atoms with van der Waals surface area (Å²) in [6.45, 7) is 2.76. The molecule has 0 saturated heterocycles. The summed E-state index contributed by atoms with van der Waals surface area (Å²) in [7, 11) is 0. The molecule has 0 bridgehead atoms. The van der Waals surface area contributed by atoms with E-state index in [4.69, 9.17) is 0 Å². The molecule has 0 amide bonds. The van der Waals surface area contributed by atoms with Crippen molar-refractivity contribution in [1.29, 1.82) is 0 Å². The number of hydrogen-bond donors (Lipinski definition) is 1. The van der Waals surface area contributed by atoms with Crippen molar-refractivity contribution in [2.75, 3.05) is 11.9 Å². The van der Waals surface area contributed by atoms with Crippen molar-refractivity contribution in [2.24, 2.45) is 0 Å². The molecule has 2 rings (SSSR count). The van der Waals surface area contributed by atoms with E-state index in [0.717, 1.165) is 23.0 Å². The Morgan fingerprint density at radius 3 is 2.60 bits per heavy atom. The number of aromatic nitrogens is 1. The summed E-state index contributed by atoms with van der Waals surface area (Å²) in [5.74, 6) is 0.527. The summed E-state index contributed by atoms with van der Waals surface area (Å²) >= 11 is 3.36. The molecule has 0 fully saturated rings. The Labute approximate surface area is 125 Å². The molecule has 6 heteroatoms. The molecule has 0 aliphatic rings. The maximum atomic E-state index is 11.0. The Morgan fingerprint density at radius 2 is 2.00 bits per heavy atom. The first-order chi connectivity index (χ1) is 9.60. The molecule has 0 unspecified atom stereocenters. The highest BCUT2D eigenvalue weighted by atomic mass is 79.9. The molecule has 0 aliphatic heterocycles. The van der Waals surface area contributed by atoms with Crippen LogP contribution in [0.1, 0.15) is 13.3 Å².